The van der Waals surface area contributed by atoms with E-state index in [1.165, 1.54) is 12.3 Å². The zero-order valence-electron chi connectivity index (χ0n) is 13.7. The van der Waals surface area contributed by atoms with E-state index >= 15 is 0 Å². The number of ether oxygens (including phenoxy) is 1. The van der Waals surface area contributed by atoms with E-state index in [1.807, 2.05) is 0 Å². The molecule has 0 aromatic heterocycles. The van der Waals surface area contributed by atoms with Crippen molar-refractivity contribution in [3.63, 3.8) is 0 Å². The van der Waals surface area contributed by atoms with Crippen molar-refractivity contribution < 1.29 is 9.26 Å². The molecule has 0 aromatic carbocycles. The predicted molar refractivity (Wildman–Crippen MR) is 85.0 cm³/mol. The first-order chi connectivity index (χ1) is 8.17. The monoisotopic (exact) mass is 278 g/mol. The average Bonchev–Trinajstić information content (AvgIpc) is 2.11. The van der Waals surface area contributed by atoms with E-state index in [0.29, 0.717) is 24.0 Å². The molecule has 3 heteroatoms. The van der Waals surface area contributed by atoms with Crippen LogP contribution in [0, 0.1) is 11.8 Å². The first-order valence-electron chi connectivity index (χ1n) is 7.46. The molecule has 0 spiro atoms. The van der Waals surface area contributed by atoms with Gasteiger partial charge in [0.05, 0.1) is 0 Å². The summed E-state index contributed by atoms with van der Waals surface area (Å²) in [6.07, 6.45) is 3.86. The van der Waals surface area contributed by atoms with Crippen LogP contribution in [0.4, 0.5) is 0 Å². The molecule has 0 unspecified atom stereocenters. The Bertz CT molecular complexity index is 186. The molecule has 18 heavy (non-hydrogen) atoms. The molecule has 112 valence electrons. The van der Waals surface area contributed by atoms with Crippen molar-refractivity contribution in [1.29, 1.82) is 0 Å². The fourth-order valence-electron chi connectivity index (χ4n) is 2.64. The van der Waals surface area contributed by atoms with Crippen LogP contribution in [0.5, 0.6) is 0 Å². The molecule has 0 aliphatic carbocycles. The van der Waals surface area contributed by atoms with Gasteiger partial charge < -0.3 is 0 Å². The van der Waals surface area contributed by atoms with E-state index in [4.69, 9.17) is 9.26 Å². The minimum atomic E-state index is -1.77. The third-order valence-corrected chi connectivity index (χ3v) is 7.51. The third-order valence-electron chi connectivity index (χ3n) is 2.73. The number of hydrogen-bond donors (Lipinski definition) is 0. The predicted octanol–water partition coefficient (Wildman–Crippen LogP) is 4.77. The van der Waals surface area contributed by atoms with Crippen molar-refractivity contribution in [1.82, 2.24) is 0 Å². The Balaban J connectivity index is 4.85. The molecule has 0 amide bonds. The second-order valence-corrected chi connectivity index (χ2v) is 10.6. The topological polar surface area (TPSA) is 18.5 Å². The van der Waals surface area contributed by atoms with Crippen molar-refractivity contribution in [2.45, 2.75) is 67.6 Å². The summed E-state index contributed by atoms with van der Waals surface area (Å²) in [5, 5.41) is 0. The maximum absolute atomic E-state index is 6.42. The fourth-order valence-corrected chi connectivity index (χ4v) is 7.91. The van der Waals surface area contributed by atoms with Gasteiger partial charge in [-0.3, -0.25) is 0 Å². The molecule has 0 N–H and O–H groups in total. The molecule has 0 heterocycles. The van der Waals surface area contributed by atoms with E-state index < -0.39 is 7.49 Å². The van der Waals surface area contributed by atoms with Gasteiger partial charge in [0.1, 0.15) is 0 Å². The molecule has 0 saturated carbocycles. The van der Waals surface area contributed by atoms with Gasteiger partial charge in [0.25, 0.3) is 0 Å². The molecule has 0 aromatic rings. The van der Waals surface area contributed by atoms with E-state index in [-0.39, 0.29) is 0 Å². The third kappa shape index (κ3) is 8.45. The van der Waals surface area contributed by atoms with Crippen LogP contribution < -0.4 is 0 Å². The Hall–Kier alpha value is 0.350. The van der Waals surface area contributed by atoms with Gasteiger partial charge in [0, 0.05) is 0 Å². The summed E-state index contributed by atoms with van der Waals surface area (Å²) in [4.78, 5) is 0. The van der Waals surface area contributed by atoms with Gasteiger partial charge in [-0.1, -0.05) is 0 Å². The first kappa shape index (κ1) is 18.4. The minimum absolute atomic E-state index is 0.298. The summed E-state index contributed by atoms with van der Waals surface area (Å²) in [6.45, 7) is 17.7. The second-order valence-electron chi connectivity index (χ2n) is 6.91. The Morgan fingerprint density at radius 1 is 0.722 bits per heavy atom. The number of rotatable bonds is 9. The van der Waals surface area contributed by atoms with Crippen LogP contribution in [0.3, 0.4) is 0 Å². The normalized spacial score (nSPS) is 14.2. The van der Waals surface area contributed by atoms with Crippen molar-refractivity contribution in [3.05, 3.63) is 0 Å². The van der Waals surface area contributed by atoms with Gasteiger partial charge in [-0.15, -0.1) is 0 Å². The first-order valence-corrected chi connectivity index (χ1v) is 9.99. The fraction of sp³-hybridized carbons (Fsp3) is 1.00. The van der Waals surface area contributed by atoms with Gasteiger partial charge in [-0.2, -0.15) is 0 Å². The number of hydrogen-bond acceptors (Lipinski definition) is 2. The van der Waals surface area contributed by atoms with Gasteiger partial charge in [0.2, 0.25) is 0 Å². The summed E-state index contributed by atoms with van der Waals surface area (Å²) < 4.78 is 12.4. The van der Waals surface area contributed by atoms with Crippen molar-refractivity contribution >= 4 is 7.49 Å². The van der Waals surface area contributed by atoms with Crippen LogP contribution in [-0.4, -0.2) is 30.9 Å². The van der Waals surface area contributed by atoms with Crippen molar-refractivity contribution in [2.75, 3.05) is 18.7 Å². The summed E-state index contributed by atoms with van der Waals surface area (Å²) >= 11 is 0. The second kappa shape index (κ2) is 8.51. The van der Waals surface area contributed by atoms with Gasteiger partial charge in [-0.05, 0) is 0 Å². The molecule has 0 radical (unpaired) electrons. The van der Waals surface area contributed by atoms with Gasteiger partial charge in [-0.25, -0.2) is 0 Å². The Kier molecular flexibility index (Phi) is 8.67. The molecule has 0 rings (SSSR count). The van der Waals surface area contributed by atoms with Crippen molar-refractivity contribution in [3.8, 4) is 0 Å². The van der Waals surface area contributed by atoms with Crippen molar-refractivity contribution in [2.24, 2.45) is 11.8 Å². The average molecular weight is 278 g/mol. The van der Waals surface area contributed by atoms with E-state index in [9.17, 15) is 0 Å². The molecule has 0 aliphatic heterocycles. The van der Waals surface area contributed by atoms with Crippen LogP contribution in [0.1, 0.15) is 55.4 Å². The Labute approximate surface area is 115 Å². The van der Waals surface area contributed by atoms with E-state index in [1.54, 1.807) is 0 Å². The van der Waals surface area contributed by atoms with Gasteiger partial charge in [0.15, 0.2) is 0 Å². The molecule has 0 aliphatic rings. The van der Waals surface area contributed by atoms with Crippen LogP contribution in [0.2, 0.25) is 0 Å². The summed E-state index contributed by atoms with van der Waals surface area (Å²) in [7, 11) is -1.77. The maximum atomic E-state index is 6.42. The zero-order chi connectivity index (χ0) is 14.3. The summed E-state index contributed by atoms with van der Waals surface area (Å²) in [5.74, 6) is 1.37. The Morgan fingerprint density at radius 2 is 1.17 bits per heavy atom. The van der Waals surface area contributed by atoms with Crippen LogP contribution in [-0.2, 0) is 9.26 Å². The van der Waals surface area contributed by atoms with E-state index in [2.05, 4.69) is 55.4 Å². The SMILES string of the molecule is CC(C)C[PH](COC(C)C)(CC(C)C)OC(C)C. The molecular weight excluding hydrogens is 243 g/mol. The molecular formula is C15H35O2P. The quantitative estimate of drug-likeness (QED) is 0.566. The molecule has 0 fully saturated rings. The Morgan fingerprint density at radius 3 is 1.44 bits per heavy atom. The van der Waals surface area contributed by atoms with E-state index in [0.717, 1.165) is 6.35 Å². The summed E-state index contributed by atoms with van der Waals surface area (Å²) in [6, 6.07) is 0. The molecule has 2 nitrogen and oxygen atoms in total. The standard InChI is InChI=1S/C15H35O2P/c1-12(2)9-18(10-13(3)4,17-15(7)8)11-16-14(5)6/h12-15,18H,9-11H2,1-8H3. The molecule has 0 atom stereocenters. The molecule has 0 bridgehead atoms. The van der Waals surface area contributed by atoms with Crippen LogP contribution in [0.15, 0.2) is 0 Å². The summed E-state index contributed by atoms with van der Waals surface area (Å²) in [5.41, 5.74) is 0. The van der Waals surface area contributed by atoms with Crippen LogP contribution >= 0.6 is 7.49 Å². The van der Waals surface area contributed by atoms with Gasteiger partial charge >= 0.3 is 115 Å². The zero-order valence-corrected chi connectivity index (χ0v) is 14.7. The van der Waals surface area contributed by atoms with Crippen LogP contribution in [0.25, 0.3) is 0 Å². The molecule has 0 saturated heterocycles.